The van der Waals surface area contributed by atoms with E-state index in [1.165, 1.54) is 0 Å². The van der Waals surface area contributed by atoms with Crippen molar-refractivity contribution in [2.75, 3.05) is 0 Å². The first-order chi connectivity index (χ1) is 15.8. The van der Waals surface area contributed by atoms with Gasteiger partial charge in [-0.2, -0.15) is 10.2 Å². The van der Waals surface area contributed by atoms with E-state index < -0.39 is 10.0 Å². The van der Waals surface area contributed by atoms with Gasteiger partial charge in [-0.05, 0) is 62.4 Å². The van der Waals surface area contributed by atoms with Crippen molar-refractivity contribution in [1.29, 1.82) is 5.26 Å². The van der Waals surface area contributed by atoms with Gasteiger partial charge in [0, 0.05) is 22.6 Å². The lowest BCUT2D eigenvalue weighted by Gasteiger charge is -2.27. The molecule has 1 aliphatic rings. The van der Waals surface area contributed by atoms with Crippen LogP contribution in [0.4, 0.5) is 0 Å². The molecule has 4 rings (SSSR count). The van der Waals surface area contributed by atoms with Crippen molar-refractivity contribution in [1.82, 2.24) is 14.9 Å². The Morgan fingerprint density at radius 2 is 2.15 bits per heavy atom. The summed E-state index contributed by atoms with van der Waals surface area (Å²) in [6.45, 7) is 7.16. The summed E-state index contributed by atoms with van der Waals surface area (Å²) in [6, 6.07) is 12.6. The SMILES string of the molecule is C=CS(=O)(=O)N[C@H]1CCCc2c(-c3noc(-c4ccc(OC(C)C)c(C#N)c4)n3)cccc21. The molecule has 0 spiro atoms. The maximum atomic E-state index is 12.0. The molecule has 0 amide bonds. The number of aromatic nitrogens is 2. The van der Waals surface area contributed by atoms with Crippen LogP contribution in [0.25, 0.3) is 22.8 Å². The third kappa shape index (κ3) is 4.82. The number of nitrogens with zero attached hydrogens (tertiary/aromatic N) is 3. The third-order valence-corrected chi connectivity index (χ3v) is 6.46. The molecule has 0 saturated carbocycles. The highest BCUT2D eigenvalue weighted by Crippen LogP contribution is 2.36. The molecule has 1 heterocycles. The Bertz CT molecular complexity index is 1340. The molecule has 1 N–H and O–H groups in total. The maximum Gasteiger partial charge on any atom is 0.258 e. The highest BCUT2D eigenvalue weighted by Gasteiger charge is 2.26. The zero-order valence-electron chi connectivity index (χ0n) is 18.4. The Kier molecular flexibility index (Phi) is 6.31. The van der Waals surface area contributed by atoms with E-state index in [1.807, 2.05) is 32.0 Å². The molecule has 0 radical (unpaired) electrons. The predicted octanol–water partition coefficient (Wildman–Crippen LogP) is 4.50. The fraction of sp³-hybridized carbons (Fsp3) is 0.292. The number of hydrogen-bond donors (Lipinski definition) is 1. The summed E-state index contributed by atoms with van der Waals surface area (Å²) in [4.78, 5) is 4.56. The second-order valence-electron chi connectivity index (χ2n) is 8.06. The molecule has 33 heavy (non-hydrogen) atoms. The number of rotatable bonds is 7. The normalized spacial score (nSPS) is 15.6. The minimum absolute atomic E-state index is 0.0537. The van der Waals surface area contributed by atoms with E-state index in [9.17, 15) is 13.7 Å². The maximum absolute atomic E-state index is 12.0. The predicted molar refractivity (Wildman–Crippen MR) is 124 cm³/mol. The van der Waals surface area contributed by atoms with E-state index in [0.717, 1.165) is 34.9 Å². The van der Waals surface area contributed by atoms with Crippen molar-refractivity contribution in [3.05, 3.63) is 65.1 Å². The summed E-state index contributed by atoms with van der Waals surface area (Å²) in [5.41, 5.74) is 3.69. The monoisotopic (exact) mass is 464 g/mol. The Morgan fingerprint density at radius 3 is 2.88 bits per heavy atom. The molecule has 0 bridgehead atoms. The molecular weight excluding hydrogens is 440 g/mol. The quantitative estimate of drug-likeness (QED) is 0.547. The Balaban J connectivity index is 1.68. The second-order valence-corrected chi connectivity index (χ2v) is 9.72. The van der Waals surface area contributed by atoms with Gasteiger partial charge in [-0.15, -0.1) is 0 Å². The average Bonchev–Trinajstić information content (AvgIpc) is 3.29. The zero-order chi connectivity index (χ0) is 23.6. The summed E-state index contributed by atoms with van der Waals surface area (Å²) >= 11 is 0. The Morgan fingerprint density at radius 1 is 1.33 bits per heavy atom. The van der Waals surface area contributed by atoms with Gasteiger partial charge in [-0.3, -0.25) is 0 Å². The number of nitriles is 1. The fourth-order valence-electron chi connectivity index (χ4n) is 3.98. The van der Waals surface area contributed by atoms with Gasteiger partial charge in [0.25, 0.3) is 5.89 Å². The number of benzene rings is 2. The molecule has 0 fully saturated rings. The smallest absolute Gasteiger partial charge is 0.258 e. The van der Waals surface area contributed by atoms with Gasteiger partial charge in [0.2, 0.25) is 15.8 Å². The van der Waals surface area contributed by atoms with Gasteiger partial charge in [0.05, 0.1) is 11.7 Å². The van der Waals surface area contributed by atoms with Gasteiger partial charge in [-0.25, -0.2) is 13.1 Å². The molecule has 0 unspecified atom stereocenters. The van der Waals surface area contributed by atoms with Gasteiger partial charge >= 0.3 is 0 Å². The van der Waals surface area contributed by atoms with Crippen LogP contribution in [0, 0.1) is 11.3 Å². The molecule has 2 aromatic carbocycles. The molecule has 1 atom stereocenters. The van der Waals surface area contributed by atoms with Crippen LogP contribution in [0.15, 0.2) is 52.9 Å². The molecule has 1 aliphatic carbocycles. The van der Waals surface area contributed by atoms with Gasteiger partial charge in [0.1, 0.15) is 11.8 Å². The van der Waals surface area contributed by atoms with Crippen LogP contribution < -0.4 is 9.46 Å². The van der Waals surface area contributed by atoms with Crippen LogP contribution in [0.2, 0.25) is 0 Å². The zero-order valence-corrected chi connectivity index (χ0v) is 19.2. The molecular formula is C24H24N4O4S. The van der Waals surface area contributed by atoms with E-state index >= 15 is 0 Å². The minimum atomic E-state index is -3.56. The Labute approximate surface area is 193 Å². The average molecular weight is 465 g/mol. The molecule has 170 valence electrons. The standard InChI is InChI=1S/C24H24N4O4S/c1-4-33(29,30)28-21-10-6-7-18-19(21)8-5-9-20(18)23-26-24(32-27-23)16-11-12-22(31-15(2)3)17(13-16)14-25/h4-5,8-9,11-13,15,21,28H,1,6-7,10H2,2-3H3/t21-/m0/s1. The largest absolute Gasteiger partial charge is 0.490 e. The first-order valence-electron chi connectivity index (χ1n) is 10.6. The first-order valence-corrected chi connectivity index (χ1v) is 12.2. The molecule has 8 nitrogen and oxygen atoms in total. The van der Waals surface area contributed by atoms with Crippen molar-refractivity contribution >= 4 is 10.0 Å². The molecule has 0 aliphatic heterocycles. The van der Waals surface area contributed by atoms with Crippen molar-refractivity contribution in [3.8, 4) is 34.7 Å². The summed E-state index contributed by atoms with van der Waals surface area (Å²) in [5, 5.41) is 14.6. The lowest BCUT2D eigenvalue weighted by Crippen LogP contribution is -2.29. The van der Waals surface area contributed by atoms with Crippen LogP contribution in [0.5, 0.6) is 5.75 Å². The molecule has 1 aromatic heterocycles. The molecule has 0 saturated heterocycles. The first kappa shape index (κ1) is 22.7. The summed E-state index contributed by atoms with van der Waals surface area (Å²) < 4.78 is 37.9. The summed E-state index contributed by atoms with van der Waals surface area (Å²) in [7, 11) is -3.56. The number of fused-ring (bicyclic) bond motifs is 1. The van der Waals surface area contributed by atoms with Crippen LogP contribution in [0.3, 0.4) is 0 Å². The van der Waals surface area contributed by atoms with Crippen LogP contribution in [0.1, 0.15) is 49.4 Å². The molecule has 9 heteroatoms. The van der Waals surface area contributed by atoms with E-state index in [1.54, 1.807) is 18.2 Å². The number of sulfonamides is 1. The van der Waals surface area contributed by atoms with Gasteiger partial charge in [0.15, 0.2) is 0 Å². The van der Waals surface area contributed by atoms with Crippen molar-refractivity contribution in [2.24, 2.45) is 0 Å². The topological polar surface area (TPSA) is 118 Å². The van der Waals surface area contributed by atoms with Gasteiger partial charge in [-0.1, -0.05) is 29.9 Å². The number of hydrogen-bond acceptors (Lipinski definition) is 7. The van der Waals surface area contributed by atoms with Gasteiger partial charge < -0.3 is 9.26 Å². The highest BCUT2D eigenvalue weighted by molar-refractivity contribution is 7.92. The van der Waals surface area contributed by atoms with E-state index in [4.69, 9.17) is 9.26 Å². The van der Waals surface area contributed by atoms with Crippen molar-refractivity contribution in [2.45, 2.75) is 45.3 Å². The number of ether oxygens (including phenoxy) is 1. The van der Waals surface area contributed by atoms with E-state index in [-0.39, 0.29) is 18.0 Å². The van der Waals surface area contributed by atoms with E-state index in [0.29, 0.717) is 29.1 Å². The van der Waals surface area contributed by atoms with Crippen molar-refractivity contribution in [3.63, 3.8) is 0 Å². The Hall–Kier alpha value is -3.48. The lowest BCUT2D eigenvalue weighted by molar-refractivity contribution is 0.241. The number of nitrogens with one attached hydrogen (secondary N) is 1. The van der Waals surface area contributed by atoms with Crippen LogP contribution in [-0.4, -0.2) is 24.7 Å². The lowest BCUT2D eigenvalue weighted by atomic mass is 9.85. The second kappa shape index (κ2) is 9.17. The van der Waals surface area contributed by atoms with Crippen molar-refractivity contribution < 1.29 is 17.7 Å². The van der Waals surface area contributed by atoms with E-state index in [2.05, 4.69) is 27.5 Å². The van der Waals surface area contributed by atoms with Crippen LogP contribution in [-0.2, 0) is 16.4 Å². The summed E-state index contributed by atoms with van der Waals surface area (Å²) in [5.74, 6) is 1.20. The molecule has 3 aromatic rings. The third-order valence-electron chi connectivity index (χ3n) is 5.41. The minimum Gasteiger partial charge on any atom is -0.490 e. The van der Waals surface area contributed by atoms with Crippen LogP contribution >= 0.6 is 0 Å². The fourth-order valence-corrected chi connectivity index (χ4v) is 4.72. The summed E-state index contributed by atoms with van der Waals surface area (Å²) in [6.07, 6.45) is 2.24. The highest BCUT2D eigenvalue weighted by atomic mass is 32.2.